The van der Waals surface area contributed by atoms with Crippen molar-refractivity contribution in [3.05, 3.63) is 102 Å². The van der Waals surface area contributed by atoms with Gasteiger partial charge in [0.05, 0.1) is 21.2 Å². The Kier molecular flexibility index (Phi) is 8.40. The predicted octanol–water partition coefficient (Wildman–Crippen LogP) is 5.87. The van der Waals surface area contributed by atoms with Crippen molar-refractivity contribution in [1.29, 1.82) is 0 Å². The number of amides is 2. The monoisotopic (exact) mass is 543 g/mol. The third-order valence-corrected chi connectivity index (χ3v) is 12.3. The minimum Gasteiger partial charge on any atom is -0.469 e. The molecule has 39 heavy (non-hydrogen) atoms. The Morgan fingerprint density at radius 1 is 0.872 bits per heavy atom. The topological polar surface area (TPSA) is 72.9 Å². The van der Waals surface area contributed by atoms with Gasteiger partial charge in [-0.2, -0.15) is 0 Å². The van der Waals surface area contributed by atoms with Gasteiger partial charge in [-0.25, -0.2) is 9.69 Å². The standard InChI is InChI=1S/C32H37NO5Si/c1-23(2)30-32(24-15-9-6-10-16-24,25-17-11-7-12-18-25)38-31(36)33(30)28(34)21-27(22-29(35)37-3)39(4,5)26-19-13-8-14-20-26/h6-20,23,27,30H,21-22H2,1-5H3/t27-,30+/m1/s1. The van der Waals surface area contributed by atoms with Crippen LogP contribution in [-0.4, -0.2) is 44.1 Å². The highest BCUT2D eigenvalue weighted by atomic mass is 28.3. The fraction of sp³-hybridized carbons (Fsp3) is 0.344. The van der Waals surface area contributed by atoms with E-state index >= 15 is 0 Å². The maximum absolute atomic E-state index is 14.2. The zero-order valence-electron chi connectivity index (χ0n) is 23.3. The van der Waals surface area contributed by atoms with Gasteiger partial charge >= 0.3 is 12.1 Å². The fourth-order valence-corrected chi connectivity index (χ4v) is 8.73. The Labute approximate surface area is 232 Å². The van der Waals surface area contributed by atoms with Gasteiger partial charge in [-0.3, -0.25) is 9.59 Å². The lowest BCUT2D eigenvalue weighted by Crippen LogP contribution is -2.52. The number of cyclic esters (lactones) is 1. The van der Waals surface area contributed by atoms with Crippen LogP contribution in [-0.2, 0) is 24.7 Å². The van der Waals surface area contributed by atoms with Gasteiger partial charge in [0.15, 0.2) is 5.60 Å². The molecule has 204 valence electrons. The number of methoxy groups -OCH3 is 1. The second kappa shape index (κ2) is 11.6. The number of nitrogens with zero attached hydrogens (tertiary/aromatic N) is 1. The lowest BCUT2D eigenvalue weighted by Gasteiger charge is -2.38. The minimum absolute atomic E-state index is 0.0429. The van der Waals surface area contributed by atoms with Crippen molar-refractivity contribution < 1.29 is 23.9 Å². The SMILES string of the molecule is COC(=O)C[C@@H](CC(=O)N1C(=O)OC(c2ccccc2)(c2ccccc2)[C@@H]1C(C)C)[Si](C)(C)c1ccccc1. The molecule has 0 saturated carbocycles. The minimum atomic E-state index is -2.34. The van der Waals surface area contributed by atoms with E-state index in [0.29, 0.717) is 0 Å². The molecule has 0 N–H and O–H groups in total. The van der Waals surface area contributed by atoms with Crippen molar-refractivity contribution in [3.63, 3.8) is 0 Å². The number of ether oxygens (including phenoxy) is 2. The molecule has 1 aliphatic heterocycles. The van der Waals surface area contributed by atoms with Gasteiger partial charge in [-0.15, -0.1) is 0 Å². The normalized spacial score (nSPS) is 17.5. The molecule has 0 radical (unpaired) electrons. The second-order valence-electron chi connectivity index (χ2n) is 11.1. The van der Waals surface area contributed by atoms with Crippen molar-refractivity contribution in [1.82, 2.24) is 4.90 Å². The molecule has 1 fully saturated rings. The molecule has 6 nitrogen and oxygen atoms in total. The lowest BCUT2D eigenvalue weighted by molar-refractivity contribution is -0.140. The number of rotatable bonds is 9. The Morgan fingerprint density at radius 2 is 1.36 bits per heavy atom. The van der Waals surface area contributed by atoms with E-state index in [0.717, 1.165) is 16.3 Å². The van der Waals surface area contributed by atoms with Gasteiger partial charge in [0.1, 0.15) is 0 Å². The quantitative estimate of drug-likeness (QED) is 0.249. The van der Waals surface area contributed by atoms with E-state index in [1.165, 1.54) is 12.0 Å². The smallest absolute Gasteiger partial charge is 0.418 e. The van der Waals surface area contributed by atoms with Crippen molar-refractivity contribution in [2.24, 2.45) is 5.92 Å². The number of imide groups is 1. The van der Waals surface area contributed by atoms with Gasteiger partial charge in [0, 0.05) is 24.0 Å². The molecule has 0 aromatic heterocycles. The van der Waals surface area contributed by atoms with E-state index in [1.807, 2.05) is 92.7 Å². The molecule has 1 heterocycles. The average molecular weight is 544 g/mol. The summed E-state index contributed by atoms with van der Waals surface area (Å²) in [5.74, 6) is -0.811. The van der Waals surface area contributed by atoms with Gasteiger partial charge in [0.25, 0.3) is 0 Å². The van der Waals surface area contributed by atoms with Gasteiger partial charge in [-0.05, 0) is 11.5 Å². The summed E-state index contributed by atoms with van der Waals surface area (Å²) in [6.45, 7) is 8.32. The molecular formula is C32H37NO5Si. The number of esters is 1. The highest BCUT2D eigenvalue weighted by Crippen LogP contribution is 2.48. The third-order valence-electron chi connectivity index (χ3n) is 8.05. The fourth-order valence-electron chi connectivity index (χ4n) is 5.84. The maximum atomic E-state index is 14.2. The lowest BCUT2D eigenvalue weighted by atomic mass is 9.75. The summed E-state index contributed by atoms with van der Waals surface area (Å²) in [7, 11) is -0.977. The molecule has 0 bridgehead atoms. The highest BCUT2D eigenvalue weighted by molar-refractivity contribution is 6.91. The van der Waals surface area contributed by atoms with Crippen molar-refractivity contribution >= 4 is 31.2 Å². The second-order valence-corrected chi connectivity index (χ2v) is 15.9. The van der Waals surface area contributed by atoms with E-state index in [9.17, 15) is 14.4 Å². The van der Waals surface area contributed by atoms with Gasteiger partial charge < -0.3 is 9.47 Å². The van der Waals surface area contributed by atoms with Crippen LogP contribution in [0.2, 0.25) is 18.6 Å². The molecule has 7 heteroatoms. The Balaban J connectivity index is 1.77. The molecular weight excluding hydrogens is 506 g/mol. The van der Waals surface area contributed by atoms with Crippen LogP contribution in [0.15, 0.2) is 91.0 Å². The van der Waals surface area contributed by atoms with Crippen molar-refractivity contribution in [2.45, 2.75) is 57.0 Å². The van der Waals surface area contributed by atoms with E-state index < -0.39 is 25.8 Å². The highest BCUT2D eigenvalue weighted by Gasteiger charge is 2.59. The summed E-state index contributed by atoms with van der Waals surface area (Å²) >= 11 is 0. The van der Waals surface area contributed by atoms with Crippen LogP contribution in [0.3, 0.4) is 0 Å². The summed E-state index contributed by atoms with van der Waals surface area (Å²) in [5.41, 5.74) is 0.185. The average Bonchev–Trinajstić information content (AvgIpc) is 3.28. The molecule has 1 saturated heterocycles. The van der Waals surface area contributed by atoms with E-state index in [1.54, 1.807) is 0 Å². The molecule has 4 rings (SSSR count). The van der Waals surface area contributed by atoms with Crippen LogP contribution >= 0.6 is 0 Å². The first-order valence-corrected chi connectivity index (χ1v) is 16.5. The maximum Gasteiger partial charge on any atom is 0.418 e. The van der Waals surface area contributed by atoms with Crippen LogP contribution in [0.1, 0.15) is 37.8 Å². The van der Waals surface area contributed by atoms with Crippen LogP contribution in [0.25, 0.3) is 0 Å². The zero-order valence-corrected chi connectivity index (χ0v) is 24.3. The number of hydrogen-bond donors (Lipinski definition) is 0. The van der Waals surface area contributed by atoms with Gasteiger partial charge in [-0.1, -0.05) is 123 Å². The van der Waals surface area contributed by atoms with Crippen LogP contribution in [0.5, 0.6) is 0 Å². The molecule has 1 aliphatic rings. The first kappa shape index (κ1) is 28.3. The molecule has 0 unspecified atom stereocenters. The predicted molar refractivity (Wildman–Crippen MR) is 154 cm³/mol. The van der Waals surface area contributed by atoms with Crippen LogP contribution in [0.4, 0.5) is 4.79 Å². The van der Waals surface area contributed by atoms with E-state index in [-0.39, 0.29) is 36.2 Å². The van der Waals surface area contributed by atoms with Crippen molar-refractivity contribution in [3.8, 4) is 0 Å². The molecule has 3 aromatic rings. The third kappa shape index (κ3) is 5.41. The van der Waals surface area contributed by atoms with E-state index in [2.05, 4.69) is 25.2 Å². The number of carbonyl (C=O) groups excluding carboxylic acids is 3. The summed E-state index contributed by atoms with van der Waals surface area (Å²) < 4.78 is 11.3. The largest absolute Gasteiger partial charge is 0.469 e. The van der Waals surface area contributed by atoms with Crippen LogP contribution < -0.4 is 5.19 Å². The summed E-state index contributed by atoms with van der Waals surface area (Å²) in [6.07, 6.45) is -0.516. The van der Waals surface area contributed by atoms with Gasteiger partial charge in [0.2, 0.25) is 5.91 Å². The Hall–Kier alpha value is -3.71. The molecule has 3 aromatic carbocycles. The molecule has 2 amide bonds. The van der Waals surface area contributed by atoms with Crippen molar-refractivity contribution in [2.75, 3.05) is 7.11 Å². The molecule has 0 spiro atoms. The van der Waals surface area contributed by atoms with E-state index in [4.69, 9.17) is 9.47 Å². The number of hydrogen-bond acceptors (Lipinski definition) is 5. The Bertz CT molecular complexity index is 1250. The summed E-state index contributed by atoms with van der Waals surface area (Å²) in [6, 6.07) is 28.7. The number of carbonyl (C=O) groups is 3. The molecule has 0 aliphatic carbocycles. The number of benzene rings is 3. The molecule has 2 atom stereocenters. The summed E-state index contributed by atoms with van der Waals surface area (Å²) in [4.78, 5) is 41.7. The summed E-state index contributed by atoms with van der Waals surface area (Å²) in [5, 5.41) is 1.14. The first-order chi connectivity index (χ1) is 18.6. The first-order valence-electron chi connectivity index (χ1n) is 13.4. The zero-order chi connectivity index (χ0) is 28.2. The Morgan fingerprint density at radius 3 is 1.82 bits per heavy atom. The van der Waals surface area contributed by atoms with Crippen LogP contribution in [0, 0.1) is 5.92 Å².